The third-order valence-electron chi connectivity index (χ3n) is 2.81. The van der Waals surface area contributed by atoms with Crippen molar-refractivity contribution in [1.29, 1.82) is 0 Å². The molecule has 0 amide bonds. The van der Waals surface area contributed by atoms with E-state index in [1.165, 1.54) is 0 Å². The van der Waals surface area contributed by atoms with Crippen molar-refractivity contribution < 1.29 is 0 Å². The molecule has 0 radical (unpaired) electrons. The van der Waals surface area contributed by atoms with E-state index in [1.807, 2.05) is 14.1 Å². The number of hydrogen-bond acceptors (Lipinski definition) is 2. The third-order valence-corrected chi connectivity index (χ3v) is 2.81. The van der Waals surface area contributed by atoms with Crippen LogP contribution in [0.25, 0.3) is 0 Å². The van der Waals surface area contributed by atoms with Crippen molar-refractivity contribution in [2.75, 3.05) is 14.1 Å². The molecule has 11 heavy (non-hydrogen) atoms. The second kappa shape index (κ2) is 4.07. The second-order valence-electron chi connectivity index (χ2n) is 3.75. The zero-order chi connectivity index (χ0) is 8.41. The van der Waals surface area contributed by atoms with Gasteiger partial charge in [-0.2, -0.15) is 0 Å². The molecule has 0 saturated heterocycles. The molecule has 0 atom stereocenters. The summed E-state index contributed by atoms with van der Waals surface area (Å²) >= 11 is 0. The fourth-order valence-corrected chi connectivity index (χ4v) is 0.625. The number of likely N-dealkylation sites (N-methyl/N-ethyl adjacent to an activating group) is 2. The molecule has 2 heteroatoms. The number of rotatable bonds is 3. The number of nitrogens with one attached hydrogen (secondary N) is 2. The summed E-state index contributed by atoms with van der Waals surface area (Å²) in [6, 6.07) is 0. The normalized spacial score (nSPS) is 12.5. The Morgan fingerprint density at radius 2 is 0.909 bits per heavy atom. The van der Waals surface area contributed by atoms with Gasteiger partial charge >= 0.3 is 0 Å². The van der Waals surface area contributed by atoms with Gasteiger partial charge in [0, 0.05) is 11.1 Å². The van der Waals surface area contributed by atoms with Gasteiger partial charge in [-0.3, -0.25) is 0 Å². The zero-order valence-corrected chi connectivity index (χ0v) is 8.00. The van der Waals surface area contributed by atoms with Gasteiger partial charge in [0.15, 0.2) is 0 Å². The van der Waals surface area contributed by atoms with Crippen LogP contribution in [0.3, 0.4) is 0 Å². The summed E-state index contributed by atoms with van der Waals surface area (Å²) in [6.45, 7) is 8.74. The van der Waals surface area contributed by atoms with Crippen molar-refractivity contribution in [2.24, 2.45) is 0 Å². The van der Waals surface area contributed by atoms with Crippen LogP contribution in [-0.4, -0.2) is 25.2 Å². The lowest BCUT2D eigenvalue weighted by atomic mass is 9.83. The van der Waals surface area contributed by atoms with E-state index in [0.717, 1.165) is 0 Å². The molecule has 70 valence electrons. The van der Waals surface area contributed by atoms with Crippen molar-refractivity contribution in [2.45, 2.75) is 46.2 Å². The van der Waals surface area contributed by atoms with E-state index in [-0.39, 0.29) is 18.5 Å². The van der Waals surface area contributed by atoms with Gasteiger partial charge in [0.1, 0.15) is 0 Å². The third kappa shape index (κ3) is 2.80. The monoisotopic (exact) mass is 160 g/mol. The first kappa shape index (κ1) is 13.5. The zero-order valence-electron chi connectivity index (χ0n) is 8.00. The smallest absolute Gasteiger partial charge is 0.0298 e. The minimum absolute atomic E-state index is 0. The molecule has 0 bridgehead atoms. The number of hydrogen-bond donors (Lipinski definition) is 2. The maximum Gasteiger partial charge on any atom is 0.0298 e. The Balaban J connectivity index is 0. The average Bonchev–Trinajstić information content (AvgIpc) is 1.88. The van der Waals surface area contributed by atoms with Gasteiger partial charge in [0.05, 0.1) is 0 Å². The fourth-order valence-electron chi connectivity index (χ4n) is 0.625. The Hall–Kier alpha value is -0.0800. The highest BCUT2D eigenvalue weighted by atomic mass is 15.1. The predicted octanol–water partition coefficient (Wildman–Crippen LogP) is 1.62. The largest absolute Gasteiger partial charge is 0.313 e. The van der Waals surface area contributed by atoms with E-state index in [2.05, 4.69) is 38.3 Å². The summed E-state index contributed by atoms with van der Waals surface area (Å²) in [4.78, 5) is 0. The molecule has 0 aliphatic carbocycles. The topological polar surface area (TPSA) is 24.1 Å². The standard InChI is InChI=1S/C8H20N2.CH4/c1-7(2,9-5)8(3,4)10-6;/h9-10H,1-6H3;1H4. The molecule has 0 aliphatic heterocycles. The van der Waals surface area contributed by atoms with Crippen molar-refractivity contribution in [3.05, 3.63) is 0 Å². The van der Waals surface area contributed by atoms with Gasteiger partial charge < -0.3 is 10.6 Å². The van der Waals surface area contributed by atoms with Gasteiger partial charge in [-0.05, 0) is 41.8 Å². The molecule has 0 unspecified atom stereocenters. The van der Waals surface area contributed by atoms with Gasteiger partial charge in [-0.15, -0.1) is 0 Å². The van der Waals surface area contributed by atoms with Gasteiger partial charge in [-0.1, -0.05) is 7.43 Å². The quantitative estimate of drug-likeness (QED) is 0.655. The Kier molecular flexibility index (Phi) is 5.00. The molecule has 0 spiro atoms. The van der Waals surface area contributed by atoms with Crippen LogP contribution in [0.1, 0.15) is 35.1 Å². The Morgan fingerprint density at radius 3 is 1.00 bits per heavy atom. The van der Waals surface area contributed by atoms with Crippen LogP contribution < -0.4 is 10.6 Å². The molecule has 2 nitrogen and oxygen atoms in total. The minimum Gasteiger partial charge on any atom is -0.313 e. The lowest BCUT2D eigenvalue weighted by Crippen LogP contribution is -2.61. The van der Waals surface area contributed by atoms with Crippen LogP contribution in [0.2, 0.25) is 0 Å². The van der Waals surface area contributed by atoms with Gasteiger partial charge in [0.25, 0.3) is 0 Å². The first-order chi connectivity index (χ1) is 4.37. The van der Waals surface area contributed by atoms with Crippen molar-refractivity contribution >= 4 is 0 Å². The molecule has 0 rings (SSSR count). The van der Waals surface area contributed by atoms with E-state index in [9.17, 15) is 0 Å². The molecule has 0 aromatic carbocycles. The second-order valence-corrected chi connectivity index (χ2v) is 3.75. The van der Waals surface area contributed by atoms with Crippen LogP contribution in [0, 0.1) is 0 Å². The SMILES string of the molecule is C.CNC(C)(C)C(C)(C)NC. The first-order valence-electron chi connectivity index (χ1n) is 3.75. The molecule has 2 N–H and O–H groups in total. The highest BCUT2D eigenvalue weighted by Crippen LogP contribution is 2.19. The Morgan fingerprint density at radius 1 is 0.727 bits per heavy atom. The van der Waals surface area contributed by atoms with Crippen molar-refractivity contribution in [3.63, 3.8) is 0 Å². The average molecular weight is 160 g/mol. The highest BCUT2D eigenvalue weighted by molar-refractivity contribution is 4.97. The molecule has 0 heterocycles. The van der Waals surface area contributed by atoms with Crippen molar-refractivity contribution in [3.8, 4) is 0 Å². The summed E-state index contributed by atoms with van der Waals surface area (Å²) in [6.07, 6.45) is 0. The predicted molar refractivity (Wildman–Crippen MR) is 53.0 cm³/mol. The van der Waals surface area contributed by atoms with E-state index >= 15 is 0 Å². The van der Waals surface area contributed by atoms with Crippen LogP contribution in [0.5, 0.6) is 0 Å². The lowest BCUT2D eigenvalue weighted by molar-refractivity contribution is 0.218. The maximum absolute atomic E-state index is 3.27. The summed E-state index contributed by atoms with van der Waals surface area (Å²) < 4.78 is 0. The van der Waals surface area contributed by atoms with Gasteiger partial charge in [-0.25, -0.2) is 0 Å². The molecule has 0 saturated carbocycles. The Bertz CT molecular complexity index is 92.1. The molecule has 0 aromatic rings. The highest BCUT2D eigenvalue weighted by Gasteiger charge is 2.33. The first-order valence-corrected chi connectivity index (χ1v) is 3.75. The van der Waals surface area contributed by atoms with E-state index in [4.69, 9.17) is 0 Å². The summed E-state index contributed by atoms with van der Waals surface area (Å²) in [5.74, 6) is 0. The molecular weight excluding hydrogens is 136 g/mol. The fraction of sp³-hybridized carbons (Fsp3) is 1.00. The van der Waals surface area contributed by atoms with Crippen LogP contribution in [0.4, 0.5) is 0 Å². The molecule has 0 aromatic heterocycles. The summed E-state index contributed by atoms with van der Waals surface area (Å²) in [7, 11) is 3.97. The molecule has 0 aliphatic rings. The van der Waals surface area contributed by atoms with Gasteiger partial charge in [0.2, 0.25) is 0 Å². The van der Waals surface area contributed by atoms with Crippen LogP contribution >= 0.6 is 0 Å². The lowest BCUT2D eigenvalue weighted by Gasteiger charge is -2.41. The van der Waals surface area contributed by atoms with E-state index in [0.29, 0.717) is 0 Å². The van der Waals surface area contributed by atoms with E-state index in [1.54, 1.807) is 0 Å². The molecule has 0 fully saturated rings. The van der Waals surface area contributed by atoms with Crippen LogP contribution in [0.15, 0.2) is 0 Å². The Labute approximate surface area is 71.8 Å². The van der Waals surface area contributed by atoms with E-state index < -0.39 is 0 Å². The maximum atomic E-state index is 3.27. The summed E-state index contributed by atoms with van der Waals surface area (Å²) in [5.41, 5.74) is 0.253. The minimum atomic E-state index is 0. The summed E-state index contributed by atoms with van der Waals surface area (Å²) in [5, 5.41) is 6.54. The van der Waals surface area contributed by atoms with Crippen LogP contribution in [-0.2, 0) is 0 Å². The van der Waals surface area contributed by atoms with Crippen molar-refractivity contribution in [1.82, 2.24) is 10.6 Å². The molecular formula is C9H24N2.